The molecule has 2 aromatic heterocycles. The van der Waals surface area contributed by atoms with Crippen molar-refractivity contribution in [1.82, 2.24) is 4.98 Å². The molecule has 108 valence electrons. The summed E-state index contributed by atoms with van der Waals surface area (Å²) in [7, 11) is 0. The molecule has 0 N–H and O–H groups in total. The molecule has 2 aromatic carbocycles. The van der Waals surface area contributed by atoms with Gasteiger partial charge in [0.25, 0.3) is 0 Å². The Hall–Kier alpha value is -2.61. The van der Waals surface area contributed by atoms with E-state index in [0.29, 0.717) is 16.8 Å². The van der Waals surface area contributed by atoms with Gasteiger partial charge in [0.1, 0.15) is 11.2 Å². The maximum Gasteiger partial charge on any atom is 0.144 e. The summed E-state index contributed by atoms with van der Waals surface area (Å²) in [6.45, 7) is -3.15. The molecule has 0 fully saturated rings. The van der Waals surface area contributed by atoms with Crippen LogP contribution in [0.2, 0.25) is 0 Å². The molecule has 0 spiro atoms. The Morgan fingerprint density at radius 3 is 2.77 bits per heavy atom. The SMILES string of the molecule is [2H]C([2H])([2H])c1cnc(-c2cccc3c2oc2cc(C)ccc23)cc1C([2H])([2H])[2H]. The Balaban J connectivity index is 1.99. The molecule has 2 heterocycles. The summed E-state index contributed by atoms with van der Waals surface area (Å²) in [6, 6.07) is 12.8. The summed E-state index contributed by atoms with van der Waals surface area (Å²) < 4.78 is 52.2. The van der Waals surface area contributed by atoms with Gasteiger partial charge in [-0.05, 0) is 55.5 Å². The largest absolute Gasteiger partial charge is 0.455 e. The molecular weight excluding hydrogens is 270 g/mol. The average Bonchev–Trinajstić information content (AvgIpc) is 2.97. The number of aromatic nitrogens is 1. The third-order valence-corrected chi connectivity index (χ3v) is 3.83. The molecule has 2 nitrogen and oxygen atoms in total. The van der Waals surface area contributed by atoms with Crippen LogP contribution in [0.5, 0.6) is 0 Å². The lowest BCUT2D eigenvalue weighted by Gasteiger charge is -2.05. The topological polar surface area (TPSA) is 26.0 Å². The first-order valence-electron chi connectivity index (χ1n) is 9.99. The first-order valence-corrected chi connectivity index (χ1v) is 6.99. The molecule has 4 rings (SSSR count). The van der Waals surface area contributed by atoms with E-state index in [1.807, 2.05) is 37.3 Å². The van der Waals surface area contributed by atoms with E-state index in [9.17, 15) is 0 Å². The van der Waals surface area contributed by atoms with Crippen LogP contribution >= 0.6 is 0 Å². The number of hydrogen-bond acceptors (Lipinski definition) is 2. The zero-order chi connectivity index (χ0) is 20.3. The van der Waals surface area contributed by atoms with Crippen molar-refractivity contribution in [2.24, 2.45) is 0 Å². The quantitative estimate of drug-likeness (QED) is 0.458. The van der Waals surface area contributed by atoms with Gasteiger partial charge >= 0.3 is 0 Å². The van der Waals surface area contributed by atoms with Crippen molar-refractivity contribution in [2.75, 3.05) is 0 Å². The van der Waals surface area contributed by atoms with Crippen molar-refractivity contribution in [1.29, 1.82) is 0 Å². The molecule has 0 aliphatic rings. The normalized spacial score (nSPS) is 16.6. The zero-order valence-corrected chi connectivity index (χ0v) is 12.0. The molecular formula is C20H17NO. The Morgan fingerprint density at radius 1 is 1.00 bits per heavy atom. The van der Waals surface area contributed by atoms with Gasteiger partial charge in [0.15, 0.2) is 0 Å². The van der Waals surface area contributed by atoms with Gasteiger partial charge < -0.3 is 4.42 Å². The zero-order valence-electron chi connectivity index (χ0n) is 18.0. The van der Waals surface area contributed by atoms with Gasteiger partial charge in [-0.3, -0.25) is 4.98 Å². The van der Waals surface area contributed by atoms with Crippen molar-refractivity contribution < 1.29 is 12.6 Å². The number of rotatable bonds is 1. The van der Waals surface area contributed by atoms with Crippen LogP contribution in [0.4, 0.5) is 0 Å². The van der Waals surface area contributed by atoms with E-state index in [2.05, 4.69) is 4.98 Å². The number of benzene rings is 2. The minimum atomic E-state index is -2.57. The second-order valence-corrected chi connectivity index (χ2v) is 5.40. The molecule has 2 heteroatoms. The minimum Gasteiger partial charge on any atom is -0.455 e. The molecule has 0 amide bonds. The van der Waals surface area contributed by atoms with Gasteiger partial charge in [0, 0.05) is 30.8 Å². The first-order chi connectivity index (χ1) is 13.1. The standard InChI is InChI=1S/C20H17NO/c1-12-7-8-15-16-5-4-6-17(20(16)22-19(15)9-12)18-10-13(2)14(3)11-21-18/h4-11H,1-3H3/i2D3,3D3. The van der Waals surface area contributed by atoms with E-state index in [4.69, 9.17) is 12.6 Å². The van der Waals surface area contributed by atoms with Crippen LogP contribution in [0.3, 0.4) is 0 Å². The Kier molecular flexibility index (Phi) is 1.74. The van der Waals surface area contributed by atoms with Crippen LogP contribution in [0.1, 0.15) is 24.9 Å². The van der Waals surface area contributed by atoms with Crippen LogP contribution in [0, 0.1) is 20.6 Å². The monoisotopic (exact) mass is 293 g/mol. The number of hydrogen-bond donors (Lipinski definition) is 0. The van der Waals surface area contributed by atoms with E-state index in [0.717, 1.165) is 28.1 Å². The lowest BCUT2D eigenvalue weighted by Crippen LogP contribution is -1.88. The Morgan fingerprint density at radius 2 is 1.91 bits per heavy atom. The predicted molar refractivity (Wildman–Crippen MR) is 91.2 cm³/mol. The summed E-state index contributed by atoms with van der Waals surface area (Å²) in [6.07, 6.45) is 1.13. The second kappa shape index (κ2) is 4.70. The fourth-order valence-electron chi connectivity index (χ4n) is 2.71. The van der Waals surface area contributed by atoms with Crippen LogP contribution in [-0.2, 0) is 0 Å². The van der Waals surface area contributed by atoms with Crippen LogP contribution in [-0.4, -0.2) is 4.98 Å². The fourth-order valence-corrected chi connectivity index (χ4v) is 2.71. The number of para-hydroxylation sites is 1. The molecule has 22 heavy (non-hydrogen) atoms. The highest BCUT2D eigenvalue weighted by atomic mass is 16.3. The summed E-state index contributed by atoms with van der Waals surface area (Å²) in [5.74, 6) is 0. The molecule has 0 aliphatic carbocycles. The summed E-state index contributed by atoms with van der Waals surface area (Å²) >= 11 is 0. The van der Waals surface area contributed by atoms with Crippen LogP contribution in [0.25, 0.3) is 33.2 Å². The first kappa shape index (κ1) is 8.14. The third kappa shape index (κ3) is 1.92. The minimum absolute atomic E-state index is 0.221. The highest BCUT2D eigenvalue weighted by molar-refractivity contribution is 6.09. The lowest BCUT2D eigenvalue weighted by molar-refractivity contribution is 0.669. The van der Waals surface area contributed by atoms with Crippen molar-refractivity contribution in [2.45, 2.75) is 20.6 Å². The maximum absolute atomic E-state index is 7.76. The Bertz CT molecular complexity index is 1200. The fraction of sp³-hybridized carbons (Fsp3) is 0.150. The smallest absolute Gasteiger partial charge is 0.144 e. The third-order valence-electron chi connectivity index (χ3n) is 3.83. The van der Waals surface area contributed by atoms with Gasteiger partial charge in [-0.25, -0.2) is 0 Å². The summed E-state index contributed by atoms with van der Waals surface area (Å²) in [4.78, 5) is 4.26. The summed E-state index contributed by atoms with van der Waals surface area (Å²) in [5.41, 5.74) is 2.89. The van der Waals surface area contributed by atoms with Crippen molar-refractivity contribution in [3.05, 3.63) is 65.4 Å². The average molecular weight is 293 g/mol. The highest BCUT2D eigenvalue weighted by Gasteiger charge is 2.13. The van der Waals surface area contributed by atoms with Crippen molar-refractivity contribution in [3.63, 3.8) is 0 Å². The molecule has 0 radical (unpaired) electrons. The van der Waals surface area contributed by atoms with E-state index in [1.54, 1.807) is 6.07 Å². The molecule has 0 saturated heterocycles. The van der Waals surface area contributed by atoms with Gasteiger partial charge in [-0.2, -0.15) is 0 Å². The van der Waals surface area contributed by atoms with E-state index >= 15 is 0 Å². The number of fused-ring (bicyclic) bond motifs is 3. The Labute approximate surface area is 137 Å². The van der Waals surface area contributed by atoms with Gasteiger partial charge in [0.2, 0.25) is 0 Å². The molecule has 0 aliphatic heterocycles. The van der Waals surface area contributed by atoms with Crippen LogP contribution in [0.15, 0.2) is 53.1 Å². The maximum atomic E-state index is 7.76. The number of pyridine rings is 1. The number of furan rings is 1. The molecule has 0 atom stereocenters. The van der Waals surface area contributed by atoms with Crippen LogP contribution < -0.4 is 0 Å². The molecule has 0 bridgehead atoms. The van der Waals surface area contributed by atoms with Crippen molar-refractivity contribution >= 4 is 21.9 Å². The molecule has 0 unspecified atom stereocenters. The van der Waals surface area contributed by atoms with E-state index in [1.165, 1.54) is 6.07 Å². The lowest BCUT2D eigenvalue weighted by atomic mass is 10.0. The molecule has 4 aromatic rings. The summed E-state index contributed by atoms with van der Waals surface area (Å²) in [5, 5.41) is 1.85. The molecule has 0 saturated carbocycles. The van der Waals surface area contributed by atoms with Crippen molar-refractivity contribution in [3.8, 4) is 11.3 Å². The highest BCUT2D eigenvalue weighted by Crippen LogP contribution is 2.35. The second-order valence-electron chi connectivity index (χ2n) is 5.40. The van der Waals surface area contributed by atoms with Gasteiger partial charge in [-0.1, -0.05) is 24.3 Å². The van der Waals surface area contributed by atoms with Gasteiger partial charge in [-0.15, -0.1) is 0 Å². The van der Waals surface area contributed by atoms with E-state index in [-0.39, 0.29) is 11.1 Å². The predicted octanol–water partition coefficient (Wildman–Crippen LogP) is 5.57. The van der Waals surface area contributed by atoms with Gasteiger partial charge in [0.05, 0.1) is 5.69 Å². The van der Waals surface area contributed by atoms with E-state index < -0.39 is 13.7 Å². The number of nitrogens with zero attached hydrogens (tertiary/aromatic N) is 1. The number of aryl methyl sites for hydroxylation is 3.